The van der Waals surface area contributed by atoms with Gasteiger partial charge in [0.2, 0.25) is 0 Å². The molecule has 1 aliphatic heterocycles. The number of carbonyl (C=O) groups excluding carboxylic acids is 1. The Morgan fingerprint density at radius 3 is 2.74 bits per heavy atom. The van der Waals surface area contributed by atoms with Gasteiger partial charge < -0.3 is 0 Å². The Bertz CT molecular complexity index is 614. The van der Waals surface area contributed by atoms with Crippen molar-refractivity contribution in [1.82, 2.24) is 9.03 Å². The van der Waals surface area contributed by atoms with Crippen LogP contribution in [0.5, 0.6) is 0 Å². The second-order valence-corrected chi connectivity index (χ2v) is 6.24. The van der Waals surface area contributed by atoms with Gasteiger partial charge in [-0.25, -0.2) is 0 Å². The van der Waals surface area contributed by atoms with Gasteiger partial charge in [0, 0.05) is 14.1 Å². The zero-order valence-corrected chi connectivity index (χ0v) is 11.4. The molecule has 1 unspecified atom stereocenters. The van der Waals surface area contributed by atoms with Crippen LogP contribution < -0.4 is 4.72 Å². The van der Waals surface area contributed by atoms with E-state index in [-0.39, 0.29) is 12.5 Å². The Morgan fingerprint density at radius 2 is 2.05 bits per heavy atom. The number of carbonyl (C=O) groups is 1. The highest BCUT2D eigenvalue weighted by atomic mass is 32.2. The Labute approximate surface area is 111 Å². The fourth-order valence-electron chi connectivity index (χ4n) is 1.69. The van der Waals surface area contributed by atoms with E-state index < -0.39 is 16.1 Å². The number of amides is 1. The van der Waals surface area contributed by atoms with Gasteiger partial charge in [0.15, 0.2) is 0 Å². The Kier molecular flexibility index (Phi) is 3.74. The lowest BCUT2D eigenvalue weighted by Crippen LogP contribution is -2.37. The fourth-order valence-corrected chi connectivity index (χ4v) is 2.27. The average molecular weight is 282 g/mol. The SMILES string of the molecule is CN(C)S(=O)(=O)NCC1=C2C=CC=CC2C(=O)N=N1. The molecule has 8 heteroatoms. The molecule has 1 N–H and O–H groups in total. The highest BCUT2D eigenvalue weighted by Crippen LogP contribution is 2.28. The van der Waals surface area contributed by atoms with Crippen LogP contribution in [0.25, 0.3) is 0 Å². The molecule has 2 rings (SSSR count). The third kappa shape index (κ3) is 2.86. The summed E-state index contributed by atoms with van der Waals surface area (Å²) < 4.78 is 26.7. The summed E-state index contributed by atoms with van der Waals surface area (Å²) in [5.41, 5.74) is 1.14. The molecule has 0 radical (unpaired) electrons. The summed E-state index contributed by atoms with van der Waals surface area (Å²) in [5.74, 6) is -0.795. The highest BCUT2D eigenvalue weighted by Gasteiger charge is 2.27. The molecule has 0 spiro atoms. The molecule has 0 fully saturated rings. The lowest BCUT2D eigenvalue weighted by molar-refractivity contribution is -0.120. The largest absolute Gasteiger partial charge is 0.279 e. The molecule has 1 atom stereocenters. The van der Waals surface area contributed by atoms with Crippen molar-refractivity contribution in [3.05, 3.63) is 35.6 Å². The van der Waals surface area contributed by atoms with E-state index in [4.69, 9.17) is 0 Å². The van der Waals surface area contributed by atoms with Gasteiger partial charge in [0.1, 0.15) is 0 Å². The maximum absolute atomic E-state index is 11.6. The van der Waals surface area contributed by atoms with Crippen LogP contribution in [0.3, 0.4) is 0 Å². The fraction of sp³-hybridized carbons (Fsp3) is 0.364. The zero-order chi connectivity index (χ0) is 14.0. The van der Waals surface area contributed by atoms with E-state index in [1.165, 1.54) is 14.1 Å². The molecule has 1 heterocycles. The lowest BCUT2D eigenvalue weighted by atomic mass is 9.91. The summed E-state index contributed by atoms with van der Waals surface area (Å²) in [4.78, 5) is 11.6. The molecule has 7 nitrogen and oxygen atoms in total. The number of allylic oxidation sites excluding steroid dienone is 3. The molecule has 0 aromatic rings. The van der Waals surface area contributed by atoms with Gasteiger partial charge in [-0.1, -0.05) is 24.3 Å². The Morgan fingerprint density at radius 1 is 1.32 bits per heavy atom. The van der Waals surface area contributed by atoms with Crippen LogP contribution in [0.1, 0.15) is 0 Å². The van der Waals surface area contributed by atoms with E-state index in [1.807, 2.05) is 0 Å². The van der Waals surface area contributed by atoms with Crippen molar-refractivity contribution in [3.63, 3.8) is 0 Å². The van der Waals surface area contributed by atoms with Gasteiger partial charge in [-0.2, -0.15) is 22.6 Å². The quantitative estimate of drug-likeness (QED) is 0.807. The van der Waals surface area contributed by atoms with Gasteiger partial charge in [0.05, 0.1) is 18.2 Å². The van der Waals surface area contributed by atoms with Gasteiger partial charge in [-0.15, -0.1) is 5.11 Å². The molecule has 19 heavy (non-hydrogen) atoms. The summed E-state index contributed by atoms with van der Waals surface area (Å²) >= 11 is 0. The van der Waals surface area contributed by atoms with E-state index in [1.54, 1.807) is 24.3 Å². The summed E-state index contributed by atoms with van der Waals surface area (Å²) in [6, 6.07) is 0. The molecule has 1 aliphatic carbocycles. The van der Waals surface area contributed by atoms with Crippen molar-refractivity contribution < 1.29 is 13.2 Å². The van der Waals surface area contributed by atoms with Gasteiger partial charge >= 0.3 is 0 Å². The van der Waals surface area contributed by atoms with Crippen molar-refractivity contribution in [1.29, 1.82) is 0 Å². The van der Waals surface area contributed by atoms with E-state index in [0.29, 0.717) is 11.3 Å². The standard InChI is InChI=1S/C11H14N4O3S/c1-15(2)19(17,18)12-7-10-8-5-3-4-6-9(8)11(16)14-13-10/h3-6,9,12H,7H2,1-2H3. The zero-order valence-electron chi connectivity index (χ0n) is 10.6. The molecule has 1 amide bonds. The molecule has 0 aromatic heterocycles. The first-order valence-corrected chi connectivity index (χ1v) is 7.06. The Balaban J connectivity index is 2.21. The normalized spacial score (nSPS) is 22.3. The smallest absolute Gasteiger partial charge is 0.270 e. The molecule has 0 saturated carbocycles. The van der Waals surface area contributed by atoms with Crippen molar-refractivity contribution in [2.24, 2.45) is 16.1 Å². The first-order valence-electron chi connectivity index (χ1n) is 5.62. The molecule has 102 valence electrons. The van der Waals surface area contributed by atoms with Crippen molar-refractivity contribution in [2.45, 2.75) is 0 Å². The predicted molar refractivity (Wildman–Crippen MR) is 69.3 cm³/mol. The molecular weight excluding hydrogens is 268 g/mol. The number of nitrogens with zero attached hydrogens (tertiary/aromatic N) is 3. The molecule has 2 aliphatic rings. The number of nitrogens with one attached hydrogen (secondary N) is 1. The van der Waals surface area contributed by atoms with Gasteiger partial charge in [-0.3, -0.25) is 4.79 Å². The van der Waals surface area contributed by atoms with E-state index in [2.05, 4.69) is 15.0 Å². The third-order valence-electron chi connectivity index (χ3n) is 2.80. The summed E-state index contributed by atoms with van der Waals surface area (Å²) in [6.45, 7) is 0.00130. The van der Waals surface area contributed by atoms with Crippen LogP contribution in [0.4, 0.5) is 0 Å². The van der Waals surface area contributed by atoms with Crippen LogP contribution in [-0.2, 0) is 15.0 Å². The summed E-state index contributed by atoms with van der Waals surface area (Å²) in [5, 5.41) is 7.32. The minimum atomic E-state index is -3.53. The summed E-state index contributed by atoms with van der Waals surface area (Å²) in [7, 11) is -0.671. The number of hydrogen-bond acceptors (Lipinski definition) is 4. The average Bonchev–Trinajstić information content (AvgIpc) is 2.38. The van der Waals surface area contributed by atoms with Crippen molar-refractivity contribution >= 4 is 16.1 Å². The minimum Gasteiger partial charge on any atom is -0.270 e. The molecule has 0 bridgehead atoms. The van der Waals surface area contributed by atoms with Crippen LogP contribution in [-0.4, -0.2) is 39.3 Å². The highest BCUT2D eigenvalue weighted by molar-refractivity contribution is 7.87. The monoisotopic (exact) mass is 282 g/mol. The number of azo groups is 1. The van der Waals surface area contributed by atoms with Crippen LogP contribution in [0.2, 0.25) is 0 Å². The number of hydrogen-bond donors (Lipinski definition) is 1. The van der Waals surface area contributed by atoms with E-state index in [0.717, 1.165) is 4.31 Å². The van der Waals surface area contributed by atoms with Crippen LogP contribution >= 0.6 is 0 Å². The van der Waals surface area contributed by atoms with Gasteiger partial charge in [-0.05, 0) is 5.57 Å². The van der Waals surface area contributed by atoms with Crippen molar-refractivity contribution in [3.8, 4) is 0 Å². The maximum Gasteiger partial charge on any atom is 0.279 e. The number of rotatable bonds is 4. The molecular formula is C11H14N4O3S. The second kappa shape index (κ2) is 5.16. The second-order valence-electron chi connectivity index (χ2n) is 4.27. The summed E-state index contributed by atoms with van der Waals surface area (Å²) in [6.07, 6.45) is 7.01. The first-order chi connectivity index (χ1) is 8.92. The van der Waals surface area contributed by atoms with Crippen LogP contribution in [0, 0.1) is 5.92 Å². The predicted octanol–water partition coefficient (Wildman–Crippen LogP) is 0.371. The number of fused-ring (bicyclic) bond motifs is 1. The van der Waals surface area contributed by atoms with Crippen LogP contribution in [0.15, 0.2) is 45.8 Å². The van der Waals surface area contributed by atoms with E-state index in [9.17, 15) is 13.2 Å². The van der Waals surface area contributed by atoms with Crippen molar-refractivity contribution in [2.75, 3.05) is 20.6 Å². The minimum absolute atomic E-state index is 0.00130. The molecule has 0 saturated heterocycles. The van der Waals surface area contributed by atoms with E-state index >= 15 is 0 Å². The topological polar surface area (TPSA) is 91.2 Å². The van der Waals surface area contributed by atoms with Gasteiger partial charge in [0.25, 0.3) is 16.1 Å². The lowest BCUT2D eigenvalue weighted by Gasteiger charge is -2.20. The third-order valence-corrected chi connectivity index (χ3v) is 4.27. The molecule has 0 aromatic carbocycles. The first kappa shape index (κ1) is 13.8. The Hall–Kier alpha value is -1.64. The maximum atomic E-state index is 11.6.